The summed E-state index contributed by atoms with van der Waals surface area (Å²) in [6.07, 6.45) is 1.39. The van der Waals surface area contributed by atoms with Gasteiger partial charge in [-0.05, 0) is 30.8 Å². The monoisotopic (exact) mass is 255 g/mol. The zero-order valence-electron chi connectivity index (χ0n) is 10.3. The molecule has 2 unspecified atom stereocenters. The Morgan fingerprint density at radius 1 is 1.65 bits per heavy atom. The predicted molar refractivity (Wildman–Crippen MR) is 70.5 cm³/mol. The summed E-state index contributed by atoms with van der Waals surface area (Å²) < 4.78 is 5.65. The van der Waals surface area contributed by atoms with Gasteiger partial charge in [-0.3, -0.25) is 4.90 Å². The van der Waals surface area contributed by atoms with Crippen molar-refractivity contribution in [1.82, 2.24) is 4.90 Å². The van der Waals surface area contributed by atoms with Crippen LogP contribution in [0.4, 0.5) is 0 Å². The molecule has 0 bridgehead atoms. The Hall–Kier alpha value is -0.420. The highest BCUT2D eigenvalue weighted by molar-refractivity contribution is 7.09. The molecule has 0 saturated carbocycles. The van der Waals surface area contributed by atoms with Crippen LogP contribution in [0.5, 0.6) is 0 Å². The van der Waals surface area contributed by atoms with E-state index in [1.807, 2.05) is 0 Å². The van der Waals surface area contributed by atoms with Crippen LogP contribution < -0.4 is 0 Å². The topological polar surface area (TPSA) is 32.7 Å². The number of likely N-dealkylation sites (N-methyl/N-ethyl adjacent to an activating group) is 1. The van der Waals surface area contributed by atoms with Crippen molar-refractivity contribution < 1.29 is 9.84 Å². The van der Waals surface area contributed by atoms with Gasteiger partial charge >= 0.3 is 0 Å². The second-order valence-electron chi connectivity index (χ2n) is 4.49. The Balaban J connectivity index is 1.76. The minimum Gasteiger partial charge on any atom is -0.390 e. The number of aliphatic hydroxyl groups is 1. The highest BCUT2D eigenvalue weighted by Crippen LogP contribution is 2.16. The van der Waals surface area contributed by atoms with Crippen molar-refractivity contribution >= 4 is 11.3 Å². The van der Waals surface area contributed by atoms with E-state index in [0.717, 1.165) is 39.1 Å². The zero-order valence-corrected chi connectivity index (χ0v) is 11.2. The lowest BCUT2D eigenvalue weighted by Crippen LogP contribution is -2.47. The van der Waals surface area contributed by atoms with Gasteiger partial charge in [0.25, 0.3) is 0 Å². The van der Waals surface area contributed by atoms with Crippen molar-refractivity contribution in [2.45, 2.75) is 32.0 Å². The average Bonchev–Trinajstić information content (AvgIpc) is 2.89. The molecular formula is C13H21NO2S. The number of morpholine rings is 1. The fourth-order valence-corrected chi connectivity index (χ4v) is 2.91. The smallest absolute Gasteiger partial charge is 0.0961 e. The van der Waals surface area contributed by atoms with Crippen molar-refractivity contribution in [3.8, 4) is 0 Å². The van der Waals surface area contributed by atoms with Gasteiger partial charge in [-0.15, -0.1) is 11.3 Å². The molecule has 0 radical (unpaired) electrons. The lowest BCUT2D eigenvalue weighted by atomic mass is 10.1. The Morgan fingerprint density at radius 3 is 3.24 bits per heavy atom. The van der Waals surface area contributed by atoms with E-state index in [2.05, 4.69) is 29.3 Å². The number of hydrogen-bond donors (Lipinski definition) is 1. The first kappa shape index (κ1) is 13.0. The lowest BCUT2D eigenvalue weighted by Gasteiger charge is -2.34. The van der Waals surface area contributed by atoms with Crippen molar-refractivity contribution in [3.63, 3.8) is 0 Å². The fourth-order valence-electron chi connectivity index (χ4n) is 2.18. The van der Waals surface area contributed by atoms with E-state index in [9.17, 15) is 5.11 Å². The van der Waals surface area contributed by atoms with Crippen molar-refractivity contribution in [2.24, 2.45) is 0 Å². The van der Waals surface area contributed by atoms with E-state index in [0.29, 0.717) is 0 Å². The summed E-state index contributed by atoms with van der Waals surface area (Å²) in [6.45, 7) is 5.79. The molecule has 0 amide bonds. The van der Waals surface area contributed by atoms with E-state index >= 15 is 0 Å². The summed E-state index contributed by atoms with van der Waals surface area (Å²) in [5, 5.41) is 12.2. The van der Waals surface area contributed by atoms with Crippen LogP contribution in [0.15, 0.2) is 17.5 Å². The van der Waals surface area contributed by atoms with Crippen LogP contribution in [0, 0.1) is 0 Å². The van der Waals surface area contributed by atoms with Crippen LogP contribution in [0.3, 0.4) is 0 Å². The Morgan fingerprint density at radius 2 is 2.53 bits per heavy atom. The Kier molecular flexibility index (Phi) is 4.98. The Labute approximate surface area is 107 Å². The third-order valence-electron chi connectivity index (χ3n) is 3.32. The molecule has 1 aliphatic rings. The van der Waals surface area contributed by atoms with Crippen LogP contribution in [0.2, 0.25) is 0 Å². The summed E-state index contributed by atoms with van der Waals surface area (Å²) >= 11 is 1.75. The maximum Gasteiger partial charge on any atom is 0.0961 e. The number of aliphatic hydroxyl groups excluding tert-OH is 1. The molecule has 0 aromatic carbocycles. The van der Waals surface area contributed by atoms with Gasteiger partial charge in [0.15, 0.2) is 0 Å². The maximum absolute atomic E-state index is 10.1. The molecule has 2 atom stereocenters. The minimum atomic E-state index is -0.341. The standard InChI is InChI=1S/C13H21NO2S/c1-2-14-7-8-16-13(10-14)12(15)6-5-11-4-3-9-17-11/h3-4,9,12-13,15H,2,5-8,10H2,1H3. The molecule has 0 aliphatic carbocycles. The summed E-state index contributed by atoms with van der Waals surface area (Å²) in [5.74, 6) is 0. The largest absolute Gasteiger partial charge is 0.390 e. The van der Waals surface area contributed by atoms with Gasteiger partial charge < -0.3 is 9.84 Å². The molecule has 96 valence electrons. The molecule has 2 heterocycles. The first-order valence-electron chi connectivity index (χ1n) is 6.34. The highest BCUT2D eigenvalue weighted by atomic mass is 32.1. The van der Waals surface area contributed by atoms with E-state index in [-0.39, 0.29) is 12.2 Å². The average molecular weight is 255 g/mol. The van der Waals surface area contributed by atoms with Crippen LogP contribution >= 0.6 is 11.3 Å². The van der Waals surface area contributed by atoms with Gasteiger partial charge in [0, 0.05) is 18.0 Å². The maximum atomic E-state index is 10.1. The summed E-state index contributed by atoms with van der Waals surface area (Å²) in [7, 11) is 0. The molecule has 1 saturated heterocycles. The number of hydrogen-bond acceptors (Lipinski definition) is 4. The van der Waals surface area contributed by atoms with E-state index in [1.165, 1.54) is 4.88 Å². The van der Waals surface area contributed by atoms with E-state index in [4.69, 9.17) is 4.74 Å². The normalized spacial score (nSPS) is 23.8. The number of aryl methyl sites for hydroxylation is 1. The van der Waals surface area contributed by atoms with Crippen molar-refractivity contribution in [2.75, 3.05) is 26.2 Å². The van der Waals surface area contributed by atoms with Crippen molar-refractivity contribution in [1.29, 1.82) is 0 Å². The first-order valence-corrected chi connectivity index (χ1v) is 7.22. The SMILES string of the molecule is CCN1CCOC(C(O)CCc2cccs2)C1. The second-order valence-corrected chi connectivity index (χ2v) is 5.52. The third kappa shape index (κ3) is 3.78. The van der Waals surface area contributed by atoms with Gasteiger partial charge in [-0.1, -0.05) is 13.0 Å². The molecule has 1 fully saturated rings. The molecule has 1 aromatic rings. The lowest BCUT2D eigenvalue weighted by molar-refractivity contribution is -0.0890. The summed E-state index contributed by atoms with van der Waals surface area (Å²) in [6, 6.07) is 4.18. The molecule has 2 rings (SSSR count). The van der Waals surface area contributed by atoms with Gasteiger partial charge in [0.05, 0.1) is 18.8 Å². The quantitative estimate of drug-likeness (QED) is 0.870. The molecule has 0 spiro atoms. The van der Waals surface area contributed by atoms with Gasteiger partial charge in [0.2, 0.25) is 0 Å². The second kappa shape index (κ2) is 6.50. The number of ether oxygens (including phenoxy) is 1. The van der Waals surface area contributed by atoms with Gasteiger partial charge in [0.1, 0.15) is 0 Å². The van der Waals surface area contributed by atoms with E-state index < -0.39 is 0 Å². The predicted octanol–water partition coefficient (Wildman–Crippen LogP) is 1.76. The van der Waals surface area contributed by atoms with Crippen LogP contribution in [-0.2, 0) is 11.2 Å². The van der Waals surface area contributed by atoms with Gasteiger partial charge in [-0.2, -0.15) is 0 Å². The number of nitrogens with zero attached hydrogens (tertiary/aromatic N) is 1. The van der Waals surface area contributed by atoms with Gasteiger partial charge in [-0.25, -0.2) is 0 Å². The first-order chi connectivity index (χ1) is 8.29. The number of thiophene rings is 1. The molecule has 1 aromatic heterocycles. The van der Waals surface area contributed by atoms with Crippen LogP contribution in [-0.4, -0.2) is 48.5 Å². The fraction of sp³-hybridized carbons (Fsp3) is 0.692. The third-order valence-corrected chi connectivity index (χ3v) is 4.26. The Bertz CT molecular complexity index is 315. The van der Waals surface area contributed by atoms with Crippen LogP contribution in [0.25, 0.3) is 0 Å². The number of rotatable bonds is 5. The van der Waals surface area contributed by atoms with Crippen molar-refractivity contribution in [3.05, 3.63) is 22.4 Å². The molecule has 1 N–H and O–H groups in total. The molecule has 1 aliphatic heterocycles. The van der Waals surface area contributed by atoms with Crippen LogP contribution in [0.1, 0.15) is 18.2 Å². The molecular weight excluding hydrogens is 234 g/mol. The molecule has 4 heteroatoms. The van der Waals surface area contributed by atoms with E-state index in [1.54, 1.807) is 11.3 Å². The highest BCUT2D eigenvalue weighted by Gasteiger charge is 2.25. The summed E-state index contributed by atoms with van der Waals surface area (Å²) in [4.78, 5) is 3.68. The summed E-state index contributed by atoms with van der Waals surface area (Å²) in [5.41, 5.74) is 0. The minimum absolute atomic E-state index is 0.0105. The molecule has 17 heavy (non-hydrogen) atoms. The molecule has 3 nitrogen and oxygen atoms in total. The zero-order chi connectivity index (χ0) is 12.1.